The number of hydrogen-bond donors (Lipinski definition) is 0. The first-order chi connectivity index (χ1) is 14.2. The Morgan fingerprint density at radius 1 is 1.07 bits per heavy atom. The van der Waals surface area contributed by atoms with Gasteiger partial charge in [-0.2, -0.15) is 4.52 Å². The van der Waals surface area contributed by atoms with E-state index in [-0.39, 0.29) is 0 Å². The van der Waals surface area contributed by atoms with Crippen molar-refractivity contribution in [3.8, 4) is 28.1 Å². The number of methoxy groups -OCH3 is 2. The molecule has 0 N–H and O–H groups in total. The molecule has 5 rings (SSSR count). The monoisotopic (exact) mass is 407 g/mol. The van der Waals surface area contributed by atoms with Gasteiger partial charge in [-0.25, -0.2) is 4.98 Å². The average Bonchev–Trinajstić information content (AvgIpc) is 3.45. The van der Waals surface area contributed by atoms with Crippen molar-refractivity contribution in [2.45, 2.75) is 6.61 Å². The summed E-state index contributed by atoms with van der Waals surface area (Å²) in [5.41, 5.74) is 2.49. The second kappa shape index (κ2) is 7.14. The molecule has 0 spiro atoms. The zero-order valence-electron chi connectivity index (χ0n) is 15.8. The maximum atomic E-state index is 6.10. The van der Waals surface area contributed by atoms with Crippen molar-refractivity contribution in [2.24, 2.45) is 0 Å². The maximum absolute atomic E-state index is 6.10. The normalized spacial score (nSPS) is 11.2. The summed E-state index contributed by atoms with van der Waals surface area (Å²) in [5.74, 6) is 1.99. The molecular weight excluding hydrogens is 390 g/mol. The lowest BCUT2D eigenvalue weighted by molar-refractivity contribution is 0.307. The first kappa shape index (κ1) is 17.6. The number of ether oxygens (including phenoxy) is 3. The summed E-state index contributed by atoms with van der Waals surface area (Å²) in [6.07, 6.45) is 1.73. The third kappa shape index (κ3) is 3.17. The molecule has 0 fully saturated rings. The molecule has 0 aliphatic heterocycles. The Morgan fingerprint density at radius 3 is 2.72 bits per heavy atom. The predicted octanol–water partition coefficient (Wildman–Crippen LogP) is 4.80. The highest BCUT2D eigenvalue weighted by atomic mass is 32.1. The lowest BCUT2D eigenvalue weighted by Gasteiger charge is -2.09. The number of rotatable bonds is 6. The number of imidazole rings is 1. The van der Waals surface area contributed by atoms with Crippen molar-refractivity contribution in [1.82, 2.24) is 14.6 Å². The molecule has 0 aliphatic rings. The van der Waals surface area contributed by atoms with E-state index in [1.54, 1.807) is 24.9 Å². The van der Waals surface area contributed by atoms with Crippen LogP contribution in [-0.2, 0) is 6.61 Å². The SMILES string of the molecule is COc1cc(OCc2ccccc2)c2cc(-c3cnc4sc(OC)nn34)oc2c1. The van der Waals surface area contributed by atoms with Crippen molar-refractivity contribution >= 4 is 27.3 Å². The number of aromatic nitrogens is 3. The van der Waals surface area contributed by atoms with Gasteiger partial charge in [-0.1, -0.05) is 30.3 Å². The minimum atomic E-state index is 0.448. The summed E-state index contributed by atoms with van der Waals surface area (Å²) < 4.78 is 24.5. The summed E-state index contributed by atoms with van der Waals surface area (Å²) >= 11 is 1.37. The van der Waals surface area contributed by atoms with Gasteiger partial charge < -0.3 is 18.6 Å². The highest BCUT2D eigenvalue weighted by molar-refractivity contribution is 7.18. The molecule has 146 valence electrons. The van der Waals surface area contributed by atoms with Crippen molar-refractivity contribution in [1.29, 1.82) is 0 Å². The molecule has 0 atom stereocenters. The van der Waals surface area contributed by atoms with Crippen LogP contribution in [0.5, 0.6) is 16.7 Å². The lowest BCUT2D eigenvalue weighted by Crippen LogP contribution is -1.96. The van der Waals surface area contributed by atoms with E-state index in [9.17, 15) is 0 Å². The molecule has 0 radical (unpaired) electrons. The topological polar surface area (TPSA) is 71.0 Å². The summed E-state index contributed by atoms with van der Waals surface area (Å²) in [6, 6.07) is 15.6. The standard InChI is InChI=1S/C21H17N3O4S/c1-25-14-8-17(27-12-13-6-4-3-5-7-13)15-10-19(28-18(15)9-14)16-11-22-20-24(16)23-21(26-2)29-20/h3-11H,12H2,1-2H3. The highest BCUT2D eigenvalue weighted by Gasteiger charge is 2.18. The Kier molecular flexibility index (Phi) is 4.33. The van der Waals surface area contributed by atoms with Crippen molar-refractivity contribution in [3.63, 3.8) is 0 Å². The molecule has 5 aromatic rings. The minimum absolute atomic E-state index is 0.448. The molecule has 0 amide bonds. The molecule has 7 nitrogen and oxygen atoms in total. The van der Waals surface area contributed by atoms with Crippen molar-refractivity contribution in [3.05, 3.63) is 60.3 Å². The van der Waals surface area contributed by atoms with E-state index in [4.69, 9.17) is 18.6 Å². The van der Waals surface area contributed by atoms with Crippen LogP contribution in [0.1, 0.15) is 5.56 Å². The molecule has 3 aromatic heterocycles. The second-order valence-corrected chi connectivity index (χ2v) is 7.25. The van der Waals surface area contributed by atoms with Crippen LogP contribution in [0.3, 0.4) is 0 Å². The van der Waals surface area contributed by atoms with Gasteiger partial charge >= 0.3 is 0 Å². The van der Waals surface area contributed by atoms with Gasteiger partial charge in [0.15, 0.2) is 5.76 Å². The van der Waals surface area contributed by atoms with E-state index in [1.807, 2.05) is 48.5 Å². The molecule has 0 aliphatic carbocycles. The van der Waals surface area contributed by atoms with Gasteiger partial charge in [0.2, 0.25) is 4.96 Å². The van der Waals surface area contributed by atoms with E-state index in [0.717, 1.165) is 21.6 Å². The molecule has 0 unspecified atom stereocenters. The number of benzene rings is 2. The quantitative estimate of drug-likeness (QED) is 0.403. The highest BCUT2D eigenvalue weighted by Crippen LogP contribution is 2.38. The fraction of sp³-hybridized carbons (Fsp3) is 0.143. The third-order valence-electron chi connectivity index (χ3n) is 4.54. The zero-order valence-corrected chi connectivity index (χ0v) is 16.6. The fourth-order valence-corrected chi connectivity index (χ4v) is 3.80. The molecule has 29 heavy (non-hydrogen) atoms. The van der Waals surface area contributed by atoms with Gasteiger partial charge in [-0.3, -0.25) is 0 Å². The summed E-state index contributed by atoms with van der Waals surface area (Å²) in [6.45, 7) is 0.448. The van der Waals surface area contributed by atoms with Gasteiger partial charge in [-0.05, 0) is 23.0 Å². The Labute approximate surface area is 170 Å². The van der Waals surface area contributed by atoms with Crippen LogP contribution in [0.25, 0.3) is 27.4 Å². The Balaban J connectivity index is 1.57. The number of hydrogen-bond acceptors (Lipinski definition) is 7. The molecule has 8 heteroatoms. The predicted molar refractivity (Wildman–Crippen MR) is 110 cm³/mol. The van der Waals surface area contributed by atoms with Crippen LogP contribution >= 0.6 is 11.3 Å². The largest absolute Gasteiger partial charge is 0.496 e. The van der Waals surface area contributed by atoms with Crippen LogP contribution in [0, 0.1) is 0 Å². The second-order valence-electron chi connectivity index (χ2n) is 6.33. The Morgan fingerprint density at radius 2 is 1.93 bits per heavy atom. The fourth-order valence-electron chi connectivity index (χ4n) is 3.11. The number of furan rings is 1. The number of nitrogens with zero attached hydrogens (tertiary/aromatic N) is 3. The van der Waals surface area contributed by atoms with Gasteiger partial charge in [0.25, 0.3) is 5.19 Å². The molecule has 3 heterocycles. The molecule has 2 aromatic carbocycles. The molecule has 0 saturated carbocycles. The molecule has 0 bridgehead atoms. The van der Waals surface area contributed by atoms with Crippen LogP contribution < -0.4 is 14.2 Å². The van der Waals surface area contributed by atoms with Crippen molar-refractivity contribution < 1.29 is 18.6 Å². The molecule has 0 saturated heterocycles. The van der Waals surface area contributed by atoms with E-state index >= 15 is 0 Å². The van der Waals surface area contributed by atoms with Gasteiger partial charge in [-0.15, -0.1) is 5.10 Å². The summed E-state index contributed by atoms with van der Waals surface area (Å²) in [5, 5.41) is 5.80. The first-order valence-electron chi connectivity index (χ1n) is 8.92. The maximum Gasteiger partial charge on any atom is 0.294 e. The van der Waals surface area contributed by atoms with Crippen LogP contribution in [0.2, 0.25) is 0 Å². The van der Waals surface area contributed by atoms with E-state index in [0.29, 0.717) is 34.6 Å². The van der Waals surface area contributed by atoms with E-state index in [2.05, 4.69) is 10.1 Å². The Bertz CT molecular complexity index is 1290. The summed E-state index contributed by atoms with van der Waals surface area (Å²) in [4.78, 5) is 5.12. The average molecular weight is 407 g/mol. The van der Waals surface area contributed by atoms with Crippen molar-refractivity contribution in [2.75, 3.05) is 14.2 Å². The lowest BCUT2D eigenvalue weighted by atomic mass is 10.2. The van der Waals surface area contributed by atoms with Crippen LogP contribution in [-0.4, -0.2) is 28.8 Å². The zero-order chi connectivity index (χ0) is 19.8. The summed E-state index contributed by atoms with van der Waals surface area (Å²) in [7, 11) is 3.20. The smallest absolute Gasteiger partial charge is 0.294 e. The minimum Gasteiger partial charge on any atom is -0.496 e. The van der Waals surface area contributed by atoms with Crippen LogP contribution in [0.4, 0.5) is 0 Å². The van der Waals surface area contributed by atoms with E-state index < -0.39 is 0 Å². The van der Waals surface area contributed by atoms with Crippen LogP contribution in [0.15, 0.2) is 59.1 Å². The Hall–Kier alpha value is -3.52. The van der Waals surface area contributed by atoms with Gasteiger partial charge in [0.1, 0.15) is 29.4 Å². The van der Waals surface area contributed by atoms with Gasteiger partial charge in [0.05, 0.1) is 25.8 Å². The molecular formula is C21H17N3O4S. The first-order valence-corrected chi connectivity index (χ1v) is 9.74. The number of fused-ring (bicyclic) bond motifs is 2. The third-order valence-corrected chi connectivity index (χ3v) is 5.42. The van der Waals surface area contributed by atoms with Gasteiger partial charge in [0, 0.05) is 12.1 Å². The van der Waals surface area contributed by atoms with E-state index in [1.165, 1.54) is 11.3 Å².